The molecule has 0 saturated carbocycles. The molecular formula is C13H17N3O3. The Kier molecular flexibility index (Phi) is 3.44. The summed E-state index contributed by atoms with van der Waals surface area (Å²) in [5.74, 6) is 0.413. The summed E-state index contributed by atoms with van der Waals surface area (Å²) in [4.78, 5) is 25.3. The number of nitrogens with two attached hydrogens (primary N) is 1. The van der Waals surface area contributed by atoms with E-state index in [0.29, 0.717) is 11.3 Å². The lowest BCUT2D eigenvalue weighted by Gasteiger charge is -2.22. The van der Waals surface area contributed by atoms with Crippen molar-refractivity contribution in [3.05, 3.63) is 29.8 Å². The summed E-state index contributed by atoms with van der Waals surface area (Å²) >= 11 is 0. The van der Waals surface area contributed by atoms with Crippen LogP contribution in [-0.4, -0.2) is 37.0 Å². The number of hydrogen-bond donors (Lipinski definition) is 2. The quantitative estimate of drug-likeness (QED) is 0.771. The Morgan fingerprint density at radius 2 is 1.95 bits per heavy atom. The van der Waals surface area contributed by atoms with Crippen LogP contribution in [0.25, 0.3) is 0 Å². The van der Waals surface area contributed by atoms with Gasteiger partial charge in [-0.3, -0.25) is 9.69 Å². The Bertz CT molecular complexity index is 500. The minimum atomic E-state index is -1.04. The Balaban J connectivity index is 2.32. The average Bonchev–Trinajstić information content (AvgIpc) is 2.64. The zero-order chi connectivity index (χ0) is 14.0. The van der Waals surface area contributed by atoms with E-state index in [0.717, 1.165) is 4.90 Å². The molecule has 1 aromatic rings. The van der Waals surface area contributed by atoms with Crippen LogP contribution in [0.15, 0.2) is 24.3 Å². The highest BCUT2D eigenvalue weighted by molar-refractivity contribution is 6.07. The first kappa shape index (κ1) is 13.4. The van der Waals surface area contributed by atoms with E-state index in [1.807, 2.05) is 0 Å². The van der Waals surface area contributed by atoms with E-state index in [2.05, 4.69) is 5.32 Å². The number of rotatable bonds is 4. The summed E-state index contributed by atoms with van der Waals surface area (Å²) in [7, 11) is 1.57. The predicted octanol–water partition coefficient (Wildman–Crippen LogP) is 0.421. The third-order valence-electron chi connectivity index (χ3n) is 3.30. The van der Waals surface area contributed by atoms with E-state index in [4.69, 9.17) is 10.5 Å². The Hall–Kier alpha value is -2.08. The first-order chi connectivity index (χ1) is 9.02. The van der Waals surface area contributed by atoms with Gasteiger partial charge in [0.05, 0.1) is 7.11 Å². The molecule has 0 bridgehead atoms. The number of methoxy groups -OCH3 is 1. The third-order valence-corrected chi connectivity index (χ3v) is 3.30. The third kappa shape index (κ3) is 2.15. The molecule has 1 unspecified atom stereocenters. The van der Waals surface area contributed by atoms with Crippen molar-refractivity contribution in [2.24, 2.45) is 5.73 Å². The molecule has 102 valence electrons. The number of amides is 3. The van der Waals surface area contributed by atoms with Crippen molar-refractivity contribution in [1.82, 2.24) is 10.2 Å². The maximum absolute atomic E-state index is 12.3. The summed E-state index contributed by atoms with van der Waals surface area (Å²) in [6, 6.07) is 6.64. The van der Waals surface area contributed by atoms with Crippen LogP contribution in [0, 0.1) is 0 Å². The Morgan fingerprint density at radius 3 is 2.47 bits per heavy atom. The van der Waals surface area contributed by atoms with Crippen LogP contribution in [-0.2, 0) is 10.3 Å². The highest BCUT2D eigenvalue weighted by Crippen LogP contribution is 2.29. The first-order valence-corrected chi connectivity index (χ1v) is 6.01. The lowest BCUT2D eigenvalue weighted by molar-refractivity contribution is -0.131. The molecule has 2 rings (SSSR count). The number of carbonyl (C=O) groups is 2. The van der Waals surface area contributed by atoms with Crippen molar-refractivity contribution >= 4 is 11.9 Å². The van der Waals surface area contributed by atoms with Crippen molar-refractivity contribution in [3.8, 4) is 5.75 Å². The van der Waals surface area contributed by atoms with Crippen LogP contribution in [0.4, 0.5) is 4.79 Å². The molecule has 3 amide bonds. The monoisotopic (exact) mass is 263 g/mol. The van der Waals surface area contributed by atoms with Crippen molar-refractivity contribution in [3.63, 3.8) is 0 Å². The molecule has 0 spiro atoms. The second-order valence-corrected chi connectivity index (χ2v) is 4.53. The smallest absolute Gasteiger partial charge is 0.325 e. The van der Waals surface area contributed by atoms with E-state index in [9.17, 15) is 9.59 Å². The van der Waals surface area contributed by atoms with Gasteiger partial charge < -0.3 is 15.8 Å². The van der Waals surface area contributed by atoms with Gasteiger partial charge in [0, 0.05) is 13.1 Å². The molecule has 19 heavy (non-hydrogen) atoms. The van der Waals surface area contributed by atoms with Gasteiger partial charge in [-0.2, -0.15) is 0 Å². The summed E-state index contributed by atoms with van der Waals surface area (Å²) < 4.78 is 5.07. The molecule has 1 fully saturated rings. The fraction of sp³-hybridized carbons (Fsp3) is 0.385. The number of hydrogen-bond acceptors (Lipinski definition) is 4. The number of nitrogens with zero attached hydrogens (tertiary/aromatic N) is 1. The number of benzene rings is 1. The van der Waals surface area contributed by atoms with Gasteiger partial charge in [-0.1, -0.05) is 12.1 Å². The van der Waals surface area contributed by atoms with E-state index < -0.39 is 11.6 Å². The Morgan fingerprint density at radius 1 is 1.32 bits per heavy atom. The van der Waals surface area contributed by atoms with Crippen molar-refractivity contribution in [2.45, 2.75) is 12.5 Å². The van der Waals surface area contributed by atoms with Gasteiger partial charge >= 0.3 is 6.03 Å². The molecule has 1 heterocycles. The number of imide groups is 1. The molecular weight excluding hydrogens is 246 g/mol. The van der Waals surface area contributed by atoms with Crippen LogP contribution >= 0.6 is 0 Å². The van der Waals surface area contributed by atoms with Crippen molar-refractivity contribution < 1.29 is 14.3 Å². The standard InChI is InChI=1S/C13H17N3O3/c1-13(9-3-5-10(19-2)6-4-9)11(17)16(8-7-14)12(18)15-13/h3-6H,7-8,14H2,1-2H3,(H,15,18). The zero-order valence-electron chi connectivity index (χ0n) is 11.0. The zero-order valence-corrected chi connectivity index (χ0v) is 11.0. The molecule has 0 aliphatic carbocycles. The van der Waals surface area contributed by atoms with Gasteiger partial charge in [0.25, 0.3) is 5.91 Å². The maximum atomic E-state index is 12.3. The van der Waals surface area contributed by atoms with Crippen molar-refractivity contribution in [1.29, 1.82) is 0 Å². The van der Waals surface area contributed by atoms with Crippen LogP contribution < -0.4 is 15.8 Å². The second kappa shape index (κ2) is 4.89. The summed E-state index contributed by atoms with van der Waals surface area (Å²) in [6.07, 6.45) is 0. The normalized spacial score (nSPS) is 22.6. The van der Waals surface area contributed by atoms with Crippen LogP contribution in [0.2, 0.25) is 0 Å². The molecule has 1 saturated heterocycles. The van der Waals surface area contributed by atoms with Gasteiger partial charge in [0.1, 0.15) is 11.3 Å². The van der Waals surface area contributed by atoms with E-state index in [-0.39, 0.29) is 19.0 Å². The van der Waals surface area contributed by atoms with Crippen LogP contribution in [0.1, 0.15) is 12.5 Å². The molecule has 1 aliphatic heterocycles. The molecule has 6 heteroatoms. The highest BCUT2D eigenvalue weighted by Gasteiger charge is 2.48. The van der Waals surface area contributed by atoms with Gasteiger partial charge in [-0.15, -0.1) is 0 Å². The molecule has 0 radical (unpaired) electrons. The fourth-order valence-electron chi connectivity index (χ4n) is 2.15. The van der Waals surface area contributed by atoms with Crippen LogP contribution in [0.5, 0.6) is 5.75 Å². The summed E-state index contributed by atoms with van der Waals surface area (Å²) in [5.41, 5.74) is 5.08. The molecule has 1 aliphatic rings. The lowest BCUT2D eigenvalue weighted by Crippen LogP contribution is -2.41. The summed E-state index contributed by atoms with van der Waals surface area (Å²) in [6.45, 7) is 2.15. The summed E-state index contributed by atoms with van der Waals surface area (Å²) in [5, 5.41) is 2.71. The molecule has 0 aromatic heterocycles. The predicted molar refractivity (Wildman–Crippen MR) is 69.6 cm³/mol. The van der Waals surface area contributed by atoms with E-state index in [1.54, 1.807) is 38.3 Å². The molecule has 1 aromatic carbocycles. The maximum Gasteiger partial charge on any atom is 0.325 e. The van der Waals surface area contributed by atoms with Gasteiger partial charge in [0.15, 0.2) is 0 Å². The van der Waals surface area contributed by atoms with Crippen LogP contribution in [0.3, 0.4) is 0 Å². The minimum absolute atomic E-state index is 0.219. The fourth-order valence-corrected chi connectivity index (χ4v) is 2.15. The van der Waals surface area contributed by atoms with Gasteiger partial charge in [0.2, 0.25) is 0 Å². The second-order valence-electron chi connectivity index (χ2n) is 4.53. The molecule has 6 nitrogen and oxygen atoms in total. The number of carbonyl (C=O) groups excluding carboxylic acids is 2. The molecule has 1 atom stereocenters. The average molecular weight is 263 g/mol. The number of ether oxygens (including phenoxy) is 1. The first-order valence-electron chi connectivity index (χ1n) is 6.01. The Labute approximate surface area is 111 Å². The number of urea groups is 1. The topological polar surface area (TPSA) is 84.7 Å². The largest absolute Gasteiger partial charge is 0.497 e. The van der Waals surface area contributed by atoms with E-state index >= 15 is 0 Å². The highest BCUT2D eigenvalue weighted by atomic mass is 16.5. The van der Waals surface area contributed by atoms with E-state index in [1.165, 1.54) is 0 Å². The SMILES string of the molecule is COc1ccc(C2(C)NC(=O)N(CCN)C2=O)cc1. The lowest BCUT2D eigenvalue weighted by atomic mass is 9.92. The van der Waals surface area contributed by atoms with Crippen molar-refractivity contribution in [2.75, 3.05) is 20.2 Å². The minimum Gasteiger partial charge on any atom is -0.497 e. The van der Waals surface area contributed by atoms with Gasteiger partial charge in [-0.25, -0.2) is 4.79 Å². The number of nitrogens with one attached hydrogen (secondary N) is 1. The van der Waals surface area contributed by atoms with Gasteiger partial charge in [-0.05, 0) is 24.6 Å². The molecule has 3 N–H and O–H groups in total.